The van der Waals surface area contributed by atoms with Crippen LogP contribution in [0.15, 0.2) is 41.9 Å². The molecule has 0 atom stereocenters. The van der Waals surface area contributed by atoms with Crippen LogP contribution in [0, 0.1) is 0 Å². The third-order valence-corrected chi connectivity index (χ3v) is 3.42. The summed E-state index contributed by atoms with van der Waals surface area (Å²) in [5.74, 6) is 0.174. The molecule has 4 N–H and O–H groups in total. The van der Waals surface area contributed by atoms with Crippen LogP contribution in [0.5, 0.6) is 0 Å². The fraction of sp³-hybridized carbons (Fsp3) is 0.200. The molecule has 0 spiro atoms. The molecule has 0 bridgehead atoms. The molecule has 0 unspecified atom stereocenters. The second-order valence-corrected chi connectivity index (χ2v) is 5.66. The van der Waals surface area contributed by atoms with Gasteiger partial charge in [0.2, 0.25) is 5.11 Å². The molecule has 0 fully saturated rings. The van der Waals surface area contributed by atoms with E-state index in [1.54, 1.807) is 37.3 Å². The predicted octanol–water partition coefficient (Wildman–Crippen LogP) is 2.50. The van der Waals surface area contributed by atoms with Gasteiger partial charge in [-0.1, -0.05) is 17.8 Å². The highest BCUT2D eigenvalue weighted by Crippen LogP contribution is 2.10. The van der Waals surface area contributed by atoms with Crippen molar-refractivity contribution >= 4 is 51.9 Å². The van der Waals surface area contributed by atoms with Crippen molar-refractivity contribution in [1.29, 1.82) is 0 Å². The number of benzene rings is 1. The highest BCUT2D eigenvalue weighted by molar-refractivity contribution is 8.13. The lowest BCUT2D eigenvalue weighted by Crippen LogP contribution is -2.33. The van der Waals surface area contributed by atoms with E-state index in [1.165, 1.54) is 11.8 Å². The van der Waals surface area contributed by atoms with Crippen molar-refractivity contribution in [2.75, 3.05) is 17.7 Å². The van der Waals surface area contributed by atoms with Crippen LogP contribution in [-0.2, 0) is 4.74 Å². The molecule has 0 aliphatic heterocycles. The Morgan fingerprint density at radius 1 is 1.42 bits per heavy atom. The highest BCUT2D eigenvalue weighted by atomic mass is 32.2. The zero-order valence-electron chi connectivity index (χ0n) is 13.1. The lowest BCUT2D eigenvalue weighted by atomic mass is 10.2. The first kappa shape index (κ1) is 19.7. The van der Waals surface area contributed by atoms with Gasteiger partial charge in [-0.15, -0.1) is 6.58 Å². The van der Waals surface area contributed by atoms with Crippen LogP contribution in [0.25, 0.3) is 0 Å². The van der Waals surface area contributed by atoms with E-state index < -0.39 is 12.0 Å². The Kier molecular flexibility index (Phi) is 8.52. The van der Waals surface area contributed by atoms with Crippen LogP contribution in [0.3, 0.4) is 0 Å². The number of esters is 1. The molecular weight excluding hydrogens is 348 g/mol. The molecule has 0 heterocycles. The molecule has 2 amide bonds. The average molecular weight is 366 g/mol. The topological polar surface area (TPSA) is 106 Å². The fourth-order valence-electron chi connectivity index (χ4n) is 1.47. The van der Waals surface area contributed by atoms with Gasteiger partial charge in [0, 0.05) is 11.4 Å². The third kappa shape index (κ3) is 7.25. The van der Waals surface area contributed by atoms with Gasteiger partial charge in [0.15, 0.2) is 5.17 Å². The smallest absolute Gasteiger partial charge is 0.338 e. The lowest BCUT2D eigenvalue weighted by molar-refractivity contribution is 0.0526. The number of nitrogens with two attached hydrogens (primary N) is 1. The van der Waals surface area contributed by atoms with Gasteiger partial charge in [-0.3, -0.25) is 5.32 Å². The van der Waals surface area contributed by atoms with Crippen molar-refractivity contribution in [1.82, 2.24) is 5.32 Å². The Morgan fingerprint density at radius 2 is 2.08 bits per heavy atom. The Hall–Kier alpha value is -2.39. The SMILES string of the molecule is C=CCSC(N)=NC(=S)NC(=O)Nc1ccc(C(=O)OCC)cc1. The highest BCUT2D eigenvalue weighted by Gasteiger charge is 2.08. The Labute approximate surface area is 149 Å². The summed E-state index contributed by atoms with van der Waals surface area (Å²) in [6.45, 7) is 5.59. The summed E-state index contributed by atoms with van der Waals surface area (Å²) in [4.78, 5) is 27.2. The average Bonchev–Trinajstić information content (AvgIpc) is 2.53. The lowest BCUT2D eigenvalue weighted by Gasteiger charge is -2.07. The van der Waals surface area contributed by atoms with Crippen LogP contribution in [0.1, 0.15) is 17.3 Å². The Morgan fingerprint density at radius 3 is 2.67 bits per heavy atom. The molecule has 128 valence electrons. The number of ether oxygens (including phenoxy) is 1. The van der Waals surface area contributed by atoms with E-state index in [9.17, 15) is 9.59 Å². The molecule has 0 radical (unpaired) electrons. The number of thioether (sulfide) groups is 1. The molecule has 24 heavy (non-hydrogen) atoms. The van der Waals surface area contributed by atoms with E-state index in [-0.39, 0.29) is 10.3 Å². The summed E-state index contributed by atoms with van der Waals surface area (Å²) >= 11 is 6.17. The van der Waals surface area contributed by atoms with E-state index in [4.69, 9.17) is 22.7 Å². The molecule has 0 aliphatic rings. The third-order valence-electron chi connectivity index (χ3n) is 2.44. The number of nitrogens with one attached hydrogen (secondary N) is 2. The van der Waals surface area contributed by atoms with Crippen molar-refractivity contribution in [2.45, 2.75) is 6.92 Å². The second-order valence-electron chi connectivity index (χ2n) is 4.23. The van der Waals surface area contributed by atoms with Crippen molar-refractivity contribution in [3.63, 3.8) is 0 Å². The minimum absolute atomic E-state index is 0.0512. The van der Waals surface area contributed by atoms with Crippen molar-refractivity contribution in [3.05, 3.63) is 42.5 Å². The Bertz CT molecular complexity index is 645. The Balaban J connectivity index is 2.54. The van der Waals surface area contributed by atoms with Crippen molar-refractivity contribution in [2.24, 2.45) is 10.7 Å². The normalized spacial score (nSPS) is 10.6. The quantitative estimate of drug-likeness (QED) is 0.243. The first-order chi connectivity index (χ1) is 11.5. The number of amides is 2. The van der Waals surface area contributed by atoms with Crippen LogP contribution in [-0.4, -0.2) is 34.6 Å². The van der Waals surface area contributed by atoms with E-state index in [1.807, 2.05) is 0 Å². The van der Waals surface area contributed by atoms with Crippen LogP contribution < -0.4 is 16.4 Å². The number of nitrogens with zero attached hydrogens (tertiary/aromatic N) is 1. The molecule has 1 rings (SSSR count). The summed E-state index contributed by atoms with van der Waals surface area (Å²) in [5, 5.41) is 5.13. The van der Waals surface area contributed by atoms with Crippen molar-refractivity contribution < 1.29 is 14.3 Å². The molecule has 1 aromatic rings. The second kappa shape index (κ2) is 10.4. The number of carbonyl (C=O) groups excluding carboxylic acids is 2. The maximum absolute atomic E-state index is 11.8. The standard InChI is InChI=1S/C15H18N4O3S2/c1-3-9-24-13(16)18-15(23)19-14(21)17-11-7-5-10(6-8-11)12(20)22-4-2/h3,5-8H,1,4,9H2,2H3,(H4,16,17,18,19,21,23). The van der Waals surface area contributed by atoms with Gasteiger partial charge >= 0.3 is 12.0 Å². The van der Waals surface area contributed by atoms with Crippen LogP contribution in [0.4, 0.5) is 10.5 Å². The first-order valence-electron chi connectivity index (χ1n) is 6.93. The number of hydrogen-bond donors (Lipinski definition) is 3. The van der Waals surface area contributed by atoms with E-state index in [0.717, 1.165) is 0 Å². The van der Waals surface area contributed by atoms with Gasteiger partial charge in [0.05, 0.1) is 12.2 Å². The van der Waals surface area contributed by atoms with E-state index in [0.29, 0.717) is 23.6 Å². The minimum Gasteiger partial charge on any atom is -0.462 e. The number of aliphatic imine (C=N–C) groups is 1. The largest absolute Gasteiger partial charge is 0.462 e. The minimum atomic E-state index is -0.561. The van der Waals surface area contributed by atoms with Gasteiger partial charge < -0.3 is 15.8 Å². The molecule has 9 heteroatoms. The van der Waals surface area contributed by atoms with Gasteiger partial charge in [-0.25, -0.2) is 9.59 Å². The molecule has 0 aliphatic carbocycles. The number of anilines is 1. The summed E-state index contributed by atoms with van der Waals surface area (Å²) in [7, 11) is 0. The number of thiocarbonyl (C=S) groups is 1. The molecule has 1 aromatic carbocycles. The van der Waals surface area contributed by atoms with Crippen LogP contribution >= 0.6 is 24.0 Å². The van der Waals surface area contributed by atoms with Crippen LogP contribution in [0.2, 0.25) is 0 Å². The maximum Gasteiger partial charge on any atom is 0.338 e. The molecule has 0 saturated heterocycles. The zero-order chi connectivity index (χ0) is 17.9. The first-order valence-corrected chi connectivity index (χ1v) is 8.32. The number of urea groups is 1. The van der Waals surface area contributed by atoms with E-state index in [2.05, 4.69) is 22.2 Å². The van der Waals surface area contributed by atoms with Gasteiger partial charge in [0.1, 0.15) is 0 Å². The van der Waals surface area contributed by atoms with Gasteiger partial charge in [-0.05, 0) is 43.4 Å². The van der Waals surface area contributed by atoms with Gasteiger partial charge in [0.25, 0.3) is 0 Å². The van der Waals surface area contributed by atoms with Crippen molar-refractivity contribution in [3.8, 4) is 0 Å². The summed E-state index contributed by atoms with van der Waals surface area (Å²) in [6.07, 6.45) is 1.68. The molecule has 7 nitrogen and oxygen atoms in total. The van der Waals surface area contributed by atoms with E-state index >= 15 is 0 Å². The zero-order valence-corrected chi connectivity index (χ0v) is 14.7. The molecule has 0 aromatic heterocycles. The molecular formula is C15H18N4O3S2. The van der Waals surface area contributed by atoms with Gasteiger partial charge in [-0.2, -0.15) is 4.99 Å². The number of rotatable bonds is 5. The summed E-state index contributed by atoms with van der Waals surface area (Å²) in [5.41, 5.74) is 6.51. The molecule has 0 saturated carbocycles. The summed E-state index contributed by atoms with van der Waals surface area (Å²) in [6, 6.07) is 5.69. The number of carbonyl (C=O) groups is 2. The predicted molar refractivity (Wildman–Crippen MR) is 101 cm³/mol. The monoisotopic (exact) mass is 366 g/mol. The number of hydrogen-bond acceptors (Lipinski definition) is 5. The fourth-order valence-corrected chi connectivity index (χ4v) is 2.16. The number of amidine groups is 1. The maximum atomic E-state index is 11.8. The summed E-state index contributed by atoms with van der Waals surface area (Å²) < 4.78 is 4.88.